The van der Waals surface area contributed by atoms with Crippen molar-refractivity contribution < 1.29 is 37.3 Å². The van der Waals surface area contributed by atoms with Crippen LogP contribution >= 0.6 is 7.82 Å². The number of likely N-dealkylation sites (N-methyl/N-ethyl adjacent to an activating group) is 1. The first-order chi connectivity index (χ1) is 43.9. The standard InChI is InChI=1S/C80H147N2O7P/c1-7-10-13-16-19-22-25-28-30-32-34-36-38-40-41-43-45-47-49-51-53-55-58-61-64-67-70-73-80(84)89-78(71-68-65-62-59-56-27-24-21-18-15-12-9-3)77(76-88-90(85,86)87-75-74-82(4,5)6)81-79(83)72-69-66-63-60-57-54-52-50-48-46-44-42-39-37-35-33-31-29-26-23-20-17-14-11-8-2/h10,13,19,22,28,30,34,36,40-41,45,47,68,71,77-78H,7-9,11-12,14-18,20-21,23-27,29,31-33,35,37-39,42-44,46,48-67,69-70,72-76H2,1-6H3,(H-,81,83,85,86)/p+1/b13-10-,22-19-,30-28-,36-34-,41-40-,47-45-,71-68+. The van der Waals surface area contributed by atoms with Gasteiger partial charge in [-0.2, -0.15) is 0 Å². The smallest absolute Gasteiger partial charge is 0.456 e. The van der Waals surface area contributed by atoms with Crippen molar-refractivity contribution >= 4 is 19.7 Å². The van der Waals surface area contributed by atoms with E-state index >= 15 is 0 Å². The van der Waals surface area contributed by atoms with Gasteiger partial charge in [-0.15, -0.1) is 0 Å². The molecule has 90 heavy (non-hydrogen) atoms. The largest absolute Gasteiger partial charge is 0.472 e. The van der Waals surface area contributed by atoms with Gasteiger partial charge >= 0.3 is 13.8 Å². The highest BCUT2D eigenvalue weighted by atomic mass is 31.2. The van der Waals surface area contributed by atoms with Crippen LogP contribution in [0.3, 0.4) is 0 Å². The van der Waals surface area contributed by atoms with Gasteiger partial charge in [0.1, 0.15) is 19.3 Å². The normalized spacial score (nSPS) is 13.9. The number of ether oxygens (including phenoxy) is 1. The summed E-state index contributed by atoms with van der Waals surface area (Å²) < 4.78 is 30.9. The predicted octanol–water partition coefficient (Wildman–Crippen LogP) is 24.9. The third-order valence-corrected chi connectivity index (χ3v) is 18.1. The summed E-state index contributed by atoms with van der Waals surface area (Å²) in [6.07, 6.45) is 93.3. The minimum Gasteiger partial charge on any atom is -0.456 e. The van der Waals surface area contributed by atoms with Gasteiger partial charge in [0.2, 0.25) is 5.91 Å². The number of quaternary nitrogens is 1. The Bertz CT molecular complexity index is 1810. The zero-order valence-electron chi connectivity index (χ0n) is 60.1. The van der Waals surface area contributed by atoms with Gasteiger partial charge in [-0.3, -0.25) is 18.6 Å². The summed E-state index contributed by atoms with van der Waals surface area (Å²) in [5, 5.41) is 3.08. The third-order valence-electron chi connectivity index (χ3n) is 17.1. The number of amides is 1. The molecule has 0 saturated carbocycles. The van der Waals surface area contributed by atoms with Gasteiger partial charge < -0.3 is 19.4 Å². The Labute approximate surface area is 558 Å². The average Bonchev–Trinajstić information content (AvgIpc) is 3.12. The molecule has 9 nitrogen and oxygen atoms in total. The maximum atomic E-state index is 13.7. The Hall–Kier alpha value is -2.81. The molecule has 0 aliphatic heterocycles. The molecule has 0 aliphatic rings. The fourth-order valence-corrected chi connectivity index (χ4v) is 12.0. The molecule has 0 aromatic heterocycles. The molecule has 524 valence electrons. The van der Waals surface area contributed by atoms with Gasteiger partial charge in [-0.25, -0.2) is 4.57 Å². The zero-order valence-corrected chi connectivity index (χ0v) is 61.0. The molecule has 0 heterocycles. The van der Waals surface area contributed by atoms with E-state index in [0.717, 1.165) is 109 Å². The highest BCUT2D eigenvalue weighted by Crippen LogP contribution is 2.43. The minimum atomic E-state index is -4.46. The second-order valence-electron chi connectivity index (χ2n) is 27.2. The van der Waals surface area contributed by atoms with Crippen molar-refractivity contribution in [3.63, 3.8) is 0 Å². The van der Waals surface area contributed by atoms with Crippen molar-refractivity contribution in [2.24, 2.45) is 0 Å². The van der Waals surface area contributed by atoms with Crippen LogP contribution in [0.25, 0.3) is 0 Å². The SMILES string of the molecule is CC/C=C\C/C=C\C/C=C\C/C=C\C/C=C\C/C=C\CCCCCCCCCCC(=O)OC(/C=C/CCCCCCCCCCCC)C(COP(=O)(O)OCC[N+](C)(C)C)NC(=O)CCCCCCCCCCCCCCCCCCCCCCCCCCC. The van der Waals surface area contributed by atoms with Crippen LogP contribution in [0.4, 0.5) is 0 Å². The van der Waals surface area contributed by atoms with E-state index in [-0.39, 0.29) is 31.5 Å². The van der Waals surface area contributed by atoms with E-state index in [1.54, 1.807) is 0 Å². The highest BCUT2D eigenvalue weighted by molar-refractivity contribution is 7.47. The summed E-state index contributed by atoms with van der Waals surface area (Å²) in [5.74, 6) is -0.502. The Balaban J connectivity index is 4.99. The first-order valence-corrected chi connectivity index (χ1v) is 39.9. The zero-order chi connectivity index (χ0) is 65.6. The number of unbranched alkanes of at least 4 members (excludes halogenated alkanes) is 42. The molecule has 2 N–H and O–H groups in total. The van der Waals surface area contributed by atoms with Crippen molar-refractivity contribution in [1.29, 1.82) is 0 Å². The first kappa shape index (κ1) is 87.2. The topological polar surface area (TPSA) is 111 Å². The van der Waals surface area contributed by atoms with E-state index in [4.69, 9.17) is 13.8 Å². The van der Waals surface area contributed by atoms with Crippen LogP contribution in [0.1, 0.15) is 361 Å². The summed E-state index contributed by atoms with van der Waals surface area (Å²) in [5.41, 5.74) is 0. The molecule has 0 bridgehead atoms. The van der Waals surface area contributed by atoms with Crippen molar-refractivity contribution in [3.8, 4) is 0 Å². The number of carbonyl (C=O) groups excluding carboxylic acids is 2. The number of phosphoric ester groups is 1. The lowest BCUT2D eigenvalue weighted by atomic mass is 10.0. The van der Waals surface area contributed by atoms with Crippen LogP contribution in [-0.2, 0) is 27.9 Å². The van der Waals surface area contributed by atoms with Crippen LogP contribution in [-0.4, -0.2) is 74.3 Å². The second kappa shape index (κ2) is 69.0. The first-order valence-electron chi connectivity index (χ1n) is 38.4. The van der Waals surface area contributed by atoms with Gasteiger partial charge in [0, 0.05) is 12.8 Å². The molecule has 3 unspecified atom stereocenters. The molecular weight excluding hydrogens is 1130 g/mol. The number of nitrogens with one attached hydrogen (secondary N) is 1. The summed E-state index contributed by atoms with van der Waals surface area (Å²) in [7, 11) is 1.50. The van der Waals surface area contributed by atoms with Gasteiger partial charge in [-0.1, -0.05) is 350 Å². The number of rotatable bonds is 70. The van der Waals surface area contributed by atoms with Gasteiger partial charge in [-0.05, 0) is 83.1 Å². The van der Waals surface area contributed by atoms with Crippen LogP contribution < -0.4 is 5.32 Å². The third kappa shape index (κ3) is 69.5. The lowest BCUT2D eigenvalue weighted by Crippen LogP contribution is -2.47. The fraction of sp³-hybridized carbons (Fsp3) is 0.800. The van der Waals surface area contributed by atoms with E-state index in [1.807, 2.05) is 33.3 Å². The summed E-state index contributed by atoms with van der Waals surface area (Å²) >= 11 is 0. The van der Waals surface area contributed by atoms with Crippen LogP contribution in [0.2, 0.25) is 0 Å². The molecule has 1 amide bonds. The number of allylic oxidation sites excluding steroid dienone is 13. The lowest BCUT2D eigenvalue weighted by molar-refractivity contribution is -0.870. The van der Waals surface area contributed by atoms with Gasteiger partial charge in [0.15, 0.2) is 0 Å². The number of phosphoric acid groups is 1. The molecular formula is C80H148N2O7P+. The number of carbonyl (C=O) groups is 2. The minimum absolute atomic E-state index is 0.0378. The molecule has 3 atom stereocenters. The van der Waals surface area contributed by atoms with E-state index in [9.17, 15) is 19.0 Å². The van der Waals surface area contributed by atoms with Crippen molar-refractivity contribution in [2.45, 2.75) is 373 Å². The average molecular weight is 1280 g/mol. The molecule has 0 aromatic rings. The van der Waals surface area contributed by atoms with E-state index in [0.29, 0.717) is 17.4 Å². The van der Waals surface area contributed by atoms with Crippen LogP contribution in [0.15, 0.2) is 85.1 Å². The lowest BCUT2D eigenvalue weighted by Gasteiger charge is -2.27. The molecule has 0 saturated heterocycles. The number of nitrogens with zero attached hydrogens (tertiary/aromatic N) is 1. The van der Waals surface area contributed by atoms with Crippen LogP contribution in [0.5, 0.6) is 0 Å². The molecule has 0 fully saturated rings. The molecule has 0 aromatic carbocycles. The van der Waals surface area contributed by atoms with E-state index in [2.05, 4.69) is 99.0 Å². The van der Waals surface area contributed by atoms with Gasteiger partial charge in [0.05, 0.1) is 33.8 Å². The Morgan fingerprint density at radius 1 is 0.400 bits per heavy atom. The monoisotopic (exact) mass is 1280 g/mol. The predicted molar refractivity (Wildman–Crippen MR) is 392 cm³/mol. The Morgan fingerprint density at radius 2 is 0.711 bits per heavy atom. The second-order valence-corrected chi connectivity index (χ2v) is 28.6. The summed E-state index contributed by atoms with van der Waals surface area (Å²) in [4.78, 5) is 38.0. The molecule has 0 rings (SSSR count). The number of esters is 1. The summed E-state index contributed by atoms with van der Waals surface area (Å²) in [6.45, 7) is 6.94. The van der Waals surface area contributed by atoms with Crippen molar-refractivity contribution in [2.75, 3.05) is 40.9 Å². The maximum absolute atomic E-state index is 13.7. The van der Waals surface area contributed by atoms with E-state index in [1.165, 1.54) is 218 Å². The molecule has 10 heteroatoms. The molecule has 0 radical (unpaired) electrons. The van der Waals surface area contributed by atoms with Crippen molar-refractivity contribution in [3.05, 3.63) is 85.1 Å². The van der Waals surface area contributed by atoms with Gasteiger partial charge in [0.25, 0.3) is 0 Å². The van der Waals surface area contributed by atoms with Crippen LogP contribution in [0, 0.1) is 0 Å². The Morgan fingerprint density at radius 3 is 1.07 bits per heavy atom. The molecule has 0 aliphatic carbocycles. The quantitative estimate of drug-likeness (QED) is 0.0205. The highest BCUT2D eigenvalue weighted by Gasteiger charge is 2.30. The number of hydrogen-bond acceptors (Lipinski definition) is 6. The van der Waals surface area contributed by atoms with Crippen molar-refractivity contribution in [1.82, 2.24) is 5.32 Å². The maximum Gasteiger partial charge on any atom is 0.472 e. The Kier molecular flexibility index (Phi) is 66.9. The summed E-state index contributed by atoms with van der Waals surface area (Å²) in [6, 6.07) is -0.855. The fourth-order valence-electron chi connectivity index (χ4n) is 11.2. The molecule has 0 spiro atoms. The number of hydrogen-bond donors (Lipinski definition) is 2. The van der Waals surface area contributed by atoms with E-state index < -0.39 is 20.0 Å².